The number of nitrogens with one attached hydrogen (secondary N) is 1. The van der Waals surface area contributed by atoms with Gasteiger partial charge in [-0.2, -0.15) is 18.3 Å². The summed E-state index contributed by atoms with van der Waals surface area (Å²) < 4.78 is 54.0. The first kappa shape index (κ1) is 19.7. The van der Waals surface area contributed by atoms with Crippen LogP contribution in [0.15, 0.2) is 41.5 Å². The van der Waals surface area contributed by atoms with Gasteiger partial charge in [0.1, 0.15) is 11.6 Å². The van der Waals surface area contributed by atoms with Gasteiger partial charge in [-0.25, -0.2) is 14.1 Å². The quantitative estimate of drug-likeness (QED) is 0.650. The van der Waals surface area contributed by atoms with Gasteiger partial charge in [-0.1, -0.05) is 6.07 Å². The highest BCUT2D eigenvalue weighted by molar-refractivity contribution is 5.35. The molecule has 1 atom stereocenters. The number of aliphatic hydroxyl groups is 1. The van der Waals surface area contributed by atoms with Gasteiger partial charge in [0, 0.05) is 24.8 Å². The Hall–Kier alpha value is -3.01. The van der Waals surface area contributed by atoms with E-state index in [1.165, 1.54) is 23.1 Å². The van der Waals surface area contributed by atoms with Crippen molar-refractivity contribution in [3.63, 3.8) is 0 Å². The fourth-order valence-corrected chi connectivity index (χ4v) is 2.94. The third kappa shape index (κ3) is 4.11. The summed E-state index contributed by atoms with van der Waals surface area (Å²) in [6, 6.07) is 3.52. The van der Waals surface area contributed by atoms with Crippen molar-refractivity contribution in [3.05, 3.63) is 75.3 Å². The molecule has 2 heterocycles. The molecule has 148 valence electrons. The van der Waals surface area contributed by atoms with E-state index in [0.29, 0.717) is 17.5 Å². The van der Waals surface area contributed by atoms with Gasteiger partial charge in [-0.3, -0.25) is 4.79 Å². The summed E-state index contributed by atoms with van der Waals surface area (Å²) in [7, 11) is 0. The number of halogens is 4. The molecular formula is C18H16F4N4O2. The lowest BCUT2D eigenvalue weighted by Crippen LogP contribution is -2.12. The first-order valence-electron chi connectivity index (χ1n) is 8.29. The Morgan fingerprint density at radius 3 is 2.64 bits per heavy atom. The molecule has 0 amide bonds. The zero-order valence-electron chi connectivity index (χ0n) is 14.7. The normalized spacial score (nSPS) is 12.9. The number of aromatic nitrogens is 4. The van der Waals surface area contributed by atoms with E-state index in [9.17, 15) is 27.5 Å². The van der Waals surface area contributed by atoms with Crippen LogP contribution in [-0.2, 0) is 6.18 Å². The smallest absolute Gasteiger partial charge is 0.396 e. The summed E-state index contributed by atoms with van der Waals surface area (Å²) in [5.41, 5.74) is -0.986. The van der Waals surface area contributed by atoms with E-state index in [1.807, 2.05) is 0 Å². The second kappa shape index (κ2) is 7.55. The summed E-state index contributed by atoms with van der Waals surface area (Å²) in [6.45, 7) is 1.29. The molecule has 0 fully saturated rings. The monoisotopic (exact) mass is 396 g/mol. The number of benzene rings is 1. The maximum absolute atomic E-state index is 14.4. The first-order chi connectivity index (χ1) is 13.2. The van der Waals surface area contributed by atoms with Crippen molar-refractivity contribution >= 4 is 0 Å². The van der Waals surface area contributed by atoms with Crippen LogP contribution < -0.4 is 5.56 Å². The van der Waals surface area contributed by atoms with Crippen molar-refractivity contribution in [3.8, 4) is 5.82 Å². The molecule has 0 radical (unpaired) electrons. The van der Waals surface area contributed by atoms with Crippen molar-refractivity contribution in [2.75, 3.05) is 6.61 Å². The Kier molecular flexibility index (Phi) is 5.32. The summed E-state index contributed by atoms with van der Waals surface area (Å²) in [6.07, 6.45) is -1.68. The van der Waals surface area contributed by atoms with Crippen molar-refractivity contribution in [2.45, 2.75) is 25.4 Å². The number of hydrogen-bond donors (Lipinski definition) is 2. The number of aliphatic hydroxyl groups excluding tert-OH is 1. The highest BCUT2D eigenvalue weighted by atomic mass is 19.4. The average molecular weight is 396 g/mol. The number of alkyl halides is 3. The van der Waals surface area contributed by atoms with E-state index in [-0.39, 0.29) is 30.0 Å². The fraction of sp³-hybridized carbons (Fsp3) is 0.278. The number of aromatic amines is 1. The largest absolute Gasteiger partial charge is 0.416 e. The van der Waals surface area contributed by atoms with E-state index in [1.54, 1.807) is 6.92 Å². The first-order valence-corrected chi connectivity index (χ1v) is 8.29. The van der Waals surface area contributed by atoms with E-state index < -0.39 is 23.5 Å². The van der Waals surface area contributed by atoms with Crippen LogP contribution in [0.25, 0.3) is 5.82 Å². The molecule has 0 unspecified atom stereocenters. The van der Waals surface area contributed by atoms with Crippen molar-refractivity contribution in [1.29, 1.82) is 0 Å². The second-order valence-corrected chi connectivity index (χ2v) is 6.21. The molecule has 0 bridgehead atoms. The minimum absolute atomic E-state index is 0.0108. The zero-order chi connectivity index (χ0) is 20.5. The van der Waals surface area contributed by atoms with E-state index in [2.05, 4.69) is 15.1 Å². The van der Waals surface area contributed by atoms with Crippen LogP contribution in [0.1, 0.15) is 34.9 Å². The van der Waals surface area contributed by atoms with Crippen LogP contribution in [0, 0.1) is 12.7 Å². The van der Waals surface area contributed by atoms with Crippen LogP contribution in [0.4, 0.5) is 17.6 Å². The van der Waals surface area contributed by atoms with Gasteiger partial charge in [-0.15, -0.1) is 0 Å². The van der Waals surface area contributed by atoms with Crippen LogP contribution in [0.2, 0.25) is 0 Å². The summed E-state index contributed by atoms with van der Waals surface area (Å²) in [5.74, 6) is -1.13. The van der Waals surface area contributed by atoms with Gasteiger partial charge >= 0.3 is 6.18 Å². The number of nitrogens with zero attached hydrogens (tertiary/aromatic N) is 3. The maximum atomic E-state index is 14.4. The minimum Gasteiger partial charge on any atom is -0.396 e. The highest BCUT2D eigenvalue weighted by Crippen LogP contribution is 2.34. The number of H-pyrrole nitrogens is 1. The molecule has 0 spiro atoms. The lowest BCUT2D eigenvalue weighted by atomic mass is 9.89. The second-order valence-electron chi connectivity index (χ2n) is 6.21. The lowest BCUT2D eigenvalue weighted by Gasteiger charge is -2.17. The lowest BCUT2D eigenvalue weighted by molar-refractivity contribution is -0.137. The Bertz CT molecular complexity index is 1040. The topological polar surface area (TPSA) is 83.8 Å². The molecule has 0 aliphatic heterocycles. The SMILES string of the molecule is Cc1nc(-n2cc([C@@H](CCO)c3ccc(C(F)(F)F)cc3F)cn2)cc(=O)[nH]1. The Balaban J connectivity index is 2.00. The Morgan fingerprint density at radius 1 is 1.29 bits per heavy atom. The van der Waals surface area contributed by atoms with Crippen LogP contribution >= 0.6 is 0 Å². The zero-order valence-corrected chi connectivity index (χ0v) is 14.7. The van der Waals surface area contributed by atoms with Crippen molar-refractivity contribution < 1.29 is 22.7 Å². The fourth-order valence-electron chi connectivity index (χ4n) is 2.94. The van der Waals surface area contributed by atoms with Gasteiger partial charge in [-0.05, 0) is 36.6 Å². The van der Waals surface area contributed by atoms with E-state index in [0.717, 1.165) is 12.1 Å². The molecule has 0 saturated heterocycles. The Labute approximate surface area is 156 Å². The number of rotatable bonds is 5. The predicted molar refractivity (Wildman–Crippen MR) is 91.7 cm³/mol. The van der Waals surface area contributed by atoms with Gasteiger partial charge in [0.05, 0.1) is 11.8 Å². The van der Waals surface area contributed by atoms with E-state index >= 15 is 0 Å². The van der Waals surface area contributed by atoms with Gasteiger partial charge in [0.2, 0.25) is 0 Å². The average Bonchev–Trinajstić information content (AvgIpc) is 3.08. The molecule has 1 aromatic carbocycles. The molecule has 10 heteroatoms. The number of hydrogen-bond acceptors (Lipinski definition) is 4. The van der Waals surface area contributed by atoms with Crippen LogP contribution in [-0.4, -0.2) is 31.5 Å². The molecule has 0 aliphatic carbocycles. The minimum atomic E-state index is -4.65. The standard InChI is InChI=1S/C18H16F4N4O2/c1-10-24-16(7-17(28)25-10)26-9-11(8-23-26)13(4-5-27)14-3-2-12(6-15(14)19)18(20,21)22/h2-3,6-9,13,27H,4-5H2,1H3,(H,24,25,28)/t13-/m1/s1. The Morgan fingerprint density at radius 2 is 2.04 bits per heavy atom. The van der Waals surface area contributed by atoms with Crippen molar-refractivity contribution in [2.24, 2.45) is 0 Å². The summed E-state index contributed by atoms with van der Waals surface area (Å²) in [4.78, 5) is 18.2. The third-order valence-electron chi connectivity index (χ3n) is 4.21. The van der Waals surface area contributed by atoms with Crippen LogP contribution in [0.3, 0.4) is 0 Å². The van der Waals surface area contributed by atoms with Gasteiger partial charge < -0.3 is 10.1 Å². The molecule has 2 aromatic heterocycles. The van der Waals surface area contributed by atoms with E-state index in [4.69, 9.17) is 0 Å². The molecule has 3 rings (SSSR count). The van der Waals surface area contributed by atoms with Gasteiger partial charge in [0.15, 0.2) is 5.82 Å². The molecule has 6 nitrogen and oxygen atoms in total. The predicted octanol–water partition coefficient (Wildman–Crippen LogP) is 2.94. The molecule has 0 saturated carbocycles. The molecule has 3 aromatic rings. The molecule has 0 aliphatic rings. The molecule has 2 N–H and O–H groups in total. The summed E-state index contributed by atoms with van der Waals surface area (Å²) in [5, 5.41) is 13.4. The number of aryl methyl sites for hydroxylation is 1. The maximum Gasteiger partial charge on any atom is 0.416 e. The van der Waals surface area contributed by atoms with Crippen molar-refractivity contribution in [1.82, 2.24) is 19.7 Å². The molecular weight excluding hydrogens is 380 g/mol. The van der Waals surface area contributed by atoms with Crippen LogP contribution in [0.5, 0.6) is 0 Å². The van der Waals surface area contributed by atoms with Gasteiger partial charge in [0.25, 0.3) is 5.56 Å². The highest BCUT2D eigenvalue weighted by Gasteiger charge is 2.32. The molecule has 28 heavy (non-hydrogen) atoms. The summed E-state index contributed by atoms with van der Waals surface area (Å²) >= 11 is 0. The third-order valence-corrected chi connectivity index (χ3v) is 4.21.